The molecular weight excluding hydrogens is 544 g/mol. The molecule has 2 saturated heterocycles. The van der Waals surface area contributed by atoms with E-state index in [0.717, 1.165) is 0 Å². The van der Waals surface area contributed by atoms with Crippen molar-refractivity contribution in [3.8, 4) is 0 Å². The standard InChI is InChI=1S/C26H32N4O9S/c1-14(31)27-21-23(38-17(4)34)22(37-16(3)33)20(13-36-15(2)32)39-26(21)40-25-24(30-9-11-35-12-10-30)28-18-7-5-6-8-19(18)29-25/h5-8,20-23,26H,9-13H2,1-4H3,(H,27,31)/t20-,21-,22-,23-,26+/m1/s1. The predicted octanol–water partition coefficient (Wildman–Crippen LogP) is 1.21. The van der Waals surface area contributed by atoms with Crippen molar-refractivity contribution in [2.75, 3.05) is 37.8 Å². The topological polar surface area (TPSA) is 155 Å². The molecule has 0 radical (unpaired) electrons. The molecular formula is C26H32N4O9S. The lowest BCUT2D eigenvalue weighted by Crippen LogP contribution is -2.65. The summed E-state index contributed by atoms with van der Waals surface area (Å²) in [6.07, 6.45) is -3.34. The highest BCUT2D eigenvalue weighted by Crippen LogP contribution is 2.39. The number of aromatic nitrogens is 2. The number of morpholine rings is 1. The molecule has 4 rings (SSSR count). The van der Waals surface area contributed by atoms with Crippen molar-refractivity contribution in [1.82, 2.24) is 15.3 Å². The van der Waals surface area contributed by atoms with Gasteiger partial charge in [-0.1, -0.05) is 23.9 Å². The number of hydrogen-bond acceptors (Lipinski definition) is 13. The Labute approximate surface area is 235 Å². The van der Waals surface area contributed by atoms with E-state index in [9.17, 15) is 19.2 Å². The molecule has 0 aliphatic carbocycles. The number of rotatable bonds is 8. The zero-order chi connectivity index (χ0) is 28.8. The maximum Gasteiger partial charge on any atom is 0.303 e. The Hall–Kier alpha value is -3.49. The highest BCUT2D eigenvalue weighted by molar-refractivity contribution is 7.99. The maximum absolute atomic E-state index is 12.3. The van der Waals surface area contributed by atoms with Crippen LogP contribution in [0.2, 0.25) is 0 Å². The Bertz CT molecular complexity index is 1260. The fraction of sp³-hybridized carbons (Fsp3) is 0.538. The molecule has 1 amide bonds. The Balaban J connectivity index is 1.77. The number of hydrogen-bond donors (Lipinski definition) is 1. The number of para-hydroxylation sites is 2. The molecule has 2 aliphatic rings. The fourth-order valence-corrected chi connectivity index (χ4v) is 5.76. The van der Waals surface area contributed by atoms with Crippen molar-refractivity contribution < 1.29 is 42.9 Å². The molecule has 0 saturated carbocycles. The summed E-state index contributed by atoms with van der Waals surface area (Å²) in [6.45, 7) is 6.91. The van der Waals surface area contributed by atoms with Crippen LogP contribution in [0.4, 0.5) is 5.82 Å². The van der Waals surface area contributed by atoms with Crippen molar-refractivity contribution in [3.63, 3.8) is 0 Å². The molecule has 2 fully saturated rings. The first-order valence-electron chi connectivity index (χ1n) is 12.8. The number of nitrogens with zero attached hydrogens (tertiary/aromatic N) is 3. The first-order valence-corrected chi connectivity index (χ1v) is 13.7. The van der Waals surface area contributed by atoms with Crippen LogP contribution in [0.3, 0.4) is 0 Å². The van der Waals surface area contributed by atoms with E-state index >= 15 is 0 Å². The van der Waals surface area contributed by atoms with Crippen LogP contribution in [0, 0.1) is 0 Å². The van der Waals surface area contributed by atoms with Crippen molar-refractivity contribution in [2.24, 2.45) is 0 Å². The number of anilines is 1. The van der Waals surface area contributed by atoms with E-state index in [1.807, 2.05) is 24.3 Å². The molecule has 0 unspecified atom stereocenters. The highest BCUT2D eigenvalue weighted by atomic mass is 32.2. The highest BCUT2D eigenvalue weighted by Gasteiger charge is 2.51. The van der Waals surface area contributed by atoms with Gasteiger partial charge in [-0.05, 0) is 12.1 Å². The average Bonchev–Trinajstić information content (AvgIpc) is 2.90. The van der Waals surface area contributed by atoms with Crippen molar-refractivity contribution in [1.29, 1.82) is 0 Å². The van der Waals surface area contributed by atoms with E-state index in [1.54, 1.807) is 0 Å². The lowest BCUT2D eigenvalue weighted by atomic mass is 9.97. The summed E-state index contributed by atoms with van der Waals surface area (Å²) < 4.78 is 28.1. The Kier molecular flexibility index (Phi) is 9.76. The summed E-state index contributed by atoms with van der Waals surface area (Å²) in [5, 5.41) is 3.30. The quantitative estimate of drug-likeness (QED) is 0.354. The monoisotopic (exact) mass is 576 g/mol. The summed E-state index contributed by atoms with van der Waals surface area (Å²) in [5.74, 6) is -1.71. The van der Waals surface area contributed by atoms with Gasteiger partial charge in [-0.15, -0.1) is 0 Å². The van der Waals surface area contributed by atoms with Crippen LogP contribution in [0.25, 0.3) is 11.0 Å². The van der Waals surface area contributed by atoms with Gasteiger partial charge in [0.2, 0.25) is 5.91 Å². The van der Waals surface area contributed by atoms with Gasteiger partial charge >= 0.3 is 17.9 Å². The van der Waals surface area contributed by atoms with Crippen LogP contribution in [0.15, 0.2) is 29.3 Å². The summed E-state index contributed by atoms with van der Waals surface area (Å²) in [6, 6.07) is 6.47. The first-order chi connectivity index (χ1) is 19.1. The third kappa shape index (κ3) is 7.37. The molecule has 1 aromatic carbocycles. The number of ether oxygens (including phenoxy) is 5. The van der Waals surface area contributed by atoms with Crippen molar-refractivity contribution in [2.45, 2.75) is 62.5 Å². The minimum atomic E-state index is -1.17. The summed E-state index contributed by atoms with van der Waals surface area (Å²) >= 11 is 1.17. The van der Waals surface area contributed by atoms with Gasteiger partial charge < -0.3 is 33.9 Å². The molecule has 13 nitrogen and oxygen atoms in total. The smallest absolute Gasteiger partial charge is 0.303 e. The third-order valence-corrected chi connectivity index (χ3v) is 7.26. The number of amides is 1. The van der Waals surface area contributed by atoms with Crippen LogP contribution >= 0.6 is 11.8 Å². The number of carbonyl (C=O) groups is 4. The number of thioether (sulfide) groups is 1. The Morgan fingerprint density at radius 1 is 0.950 bits per heavy atom. The van der Waals surface area contributed by atoms with Crippen molar-refractivity contribution >= 4 is 52.4 Å². The normalized spacial score (nSPS) is 24.7. The zero-order valence-corrected chi connectivity index (χ0v) is 23.5. The Morgan fingerprint density at radius 3 is 2.17 bits per heavy atom. The van der Waals surface area contributed by atoms with E-state index in [2.05, 4.69) is 10.2 Å². The second kappa shape index (κ2) is 13.2. The van der Waals surface area contributed by atoms with Gasteiger partial charge in [-0.2, -0.15) is 0 Å². The lowest BCUT2D eigenvalue weighted by Gasteiger charge is -2.45. The number of esters is 3. The van der Waals surface area contributed by atoms with E-state index < -0.39 is 53.6 Å². The average molecular weight is 577 g/mol. The number of nitrogens with one attached hydrogen (secondary N) is 1. The molecule has 2 aliphatic heterocycles. The van der Waals surface area contributed by atoms with Gasteiger partial charge in [0.05, 0.1) is 24.2 Å². The molecule has 14 heteroatoms. The molecule has 1 aromatic heterocycles. The molecule has 0 spiro atoms. The van der Waals surface area contributed by atoms with Crippen LogP contribution < -0.4 is 10.2 Å². The minimum Gasteiger partial charge on any atom is -0.463 e. The number of fused-ring (bicyclic) bond motifs is 1. The summed E-state index contributed by atoms with van der Waals surface area (Å²) in [5.41, 5.74) is 0.451. The molecule has 1 N–H and O–H groups in total. The minimum absolute atomic E-state index is 0.283. The summed E-state index contributed by atoms with van der Waals surface area (Å²) in [4.78, 5) is 59.9. The molecule has 0 bridgehead atoms. The SMILES string of the molecule is CC(=O)N[C@@H]1[C@@H](OC(C)=O)[C@H](OC(C)=O)[C@@H](COC(C)=O)O[C@H]1Sc1nc2ccccc2nc1N1CCOCC1. The second-order valence-corrected chi connectivity index (χ2v) is 10.4. The van der Waals surface area contributed by atoms with E-state index in [0.29, 0.717) is 48.2 Å². The van der Waals surface area contributed by atoms with Crippen LogP contribution in [-0.2, 0) is 42.9 Å². The summed E-state index contributed by atoms with van der Waals surface area (Å²) in [7, 11) is 0. The first kappa shape index (κ1) is 29.5. The third-order valence-electron chi connectivity index (χ3n) is 6.13. The second-order valence-electron chi connectivity index (χ2n) is 9.28. The van der Waals surface area contributed by atoms with Crippen molar-refractivity contribution in [3.05, 3.63) is 24.3 Å². The number of benzene rings is 1. The van der Waals surface area contributed by atoms with Gasteiger partial charge in [-0.3, -0.25) is 19.2 Å². The van der Waals surface area contributed by atoms with Gasteiger partial charge in [0, 0.05) is 40.8 Å². The fourth-order valence-electron chi connectivity index (χ4n) is 4.54. The molecule has 5 atom stereocenters. The number of carbonyl (C=O) groups excluding carboxylic acids is 4. The molecule has 2 aromatic rings. The molecule has 3 heterocycles. The van der Waals surface area contributed by atoms with E-state index in [4.69, 9.17) is 33.7 Å². The van der Waals surface area contributed by atoms with Gasteiger partial charge in [0.1, 0.15) is 29.2 Å². The van der Waals surface area contributed by atoms with Crippen LogP contribution in [0.1, 0.15) is 27.7 Å². The molecule has 216 valence electrons. The maximum atomic E-state index is 12.3. The van der Waals surface area contributed by atoms with Gasteiger partial charge in [0.25, 0.3) is 0 Å². The van der Waals surface area contributed by atoms with Gasteiger partial charge in [0.15, 0.2) is 18.0 Å². The molecule has 40 heavy (non-hydrogen) atoms. The van der Waals surface area contributed by atoms with Crippen LogP contribution in [0.5, 0.6) is 0 Å². The predicted molar refractivity (Wildman–Crippen MR) is 142 cm³/mol. The lowest BCUT2D eigenvalue weighted by molar-refractivity contribution is -0.211. The van der Waals surface area contributed by atoms with E-state index in [-0.39, 0.29) is 6.61 Å². The zero-order valence-electron chi connectivity index (χ0n) is 22.7. The Morgan fingerprint density at radius 2 is 1.57 bits per heavy atom. The van der Waals surface area contributed by atoms with E-state index in [1.165, 1.54) is 39.5 Å². The van der Waals surface area contributed by atoms with Crippen LogP contribution in [-0.4, -0.2) is 96.5 Å². The van der Waals surface area contributed by atoms with Gasteiger partial charge in [-0.25, -0.2) is 9.97 Å². The largest absolute Gasteiger partial charge is 0.463 e.